The van der Waals surface area contributed by atoms with E-state index in [-0.39, 0.29) is 38.7 Å². The number of carbonyl (C=O) groups excluding carboxylic acids is 2. The second-order valence-electron chi connectivity index (χ2n) is 9.98. The Morgan fingerprint density at radius 3 is 2.60 bits per heavy atom. The van der Waals surface area contributed by atoms with Gasteiger partial charge in [0.15, 0.2) is 9.47 Å². The first-order chi connectivity index (χ1) is 20.0. The molecule has 15 nitrogen and oxygen atoms in total. The third-order valence-electron chi connectivity index (χ3n) is 7.01. The molecule has 2 aromatic heterocycles. The minimum absolute atomic E-state index is 0.0603. The van der Waals surface area contributed by atoms with Gasteiger partial charge in [-0.2, -0.15) is 9.36 Å². The van der Waals surface area contributed by atoms with Gasteiger partial charge >= 0.3 is 11.9 Å². The maximum atomic E-state index is 13.1. The molecule has 2 aromatic rings. The molecular weight excluding hydrogens is 629 g/mol. The van der Waals surface area contributed by atoms with E-state index in [1.165, 1.54) is 30.6 Å². The van der Waals surface area contributed by atoms with Gasteiger partial charge in [-0.25, -0.2) is 14.6 Å². The molecule has 0 aromatic carbocycles. The van der Waals surface area contributed by atoms with Crippen LogP contribution in [0.2, 0.25) is 0 Å². The molecule has 3 aliphatic rings. The largest absolute Gasteiger partial charge is 0.477 e. The van der Waals surface area contributed by atoms with Crippen molar-refractivity contribution in [3.63, 3.8) is 0 Å². The van der Waals surface area contributed by atoms with E-state index in [4.69, 9.17) is 10.6 Å². The maximum Gasteiger partial charge on any atom is 0.352 e. The summed E-state index contributed by atoms with van der Waals surface area (Å²) in [5.41, 5.74) is 6.22. The molecule has 19 heteroatoms. The predicted molar refractivity (Wildman–Crippen MR) is 156 cm³/mol. The number of hydrogen-bond acceptors (Lipinski definition) is 14. The third-order valence-corrected chi connectivity index (χ3v) is 11.2. The molecule has 0 saturated carbocycles. The lowest BCUT2D eigenvalue weighted by molar-refractivity contribution is -0.911. The predicted octanol–water partition coefficient (Wildman–Crippen LogP) is 0.897. The second kappa shape index (κ2) is 12.2. The summed E-state index contributed by atoms with van der Waals surface area (Å²) in [6.45, 7) is 2.46. The first kappa shape index (κ1) is 30.2. The summed E-state index contributed by atoms with van der Waals surface area (Å²) in [5.74, 6) is -3.22. The van der Waals surface area contributed by atoms with Crippen molar-refractivity contribution in [3.05, 3.63) is 27.7 Å². The Morgan fingerprint density at radius 2 is 1.98 bits per heavy atom. The third kappa shape index (κ3) is 5.96. The van der Waals surface area contributed by atoms with Crippen molar-refractivity contribution in [2.75, 3.05) is 44.5 Å². The highest BCUT2D eigenvalue weighted by Gasteiger charge is 2.54. The van der Waals surface area contributed by atoms with Gasteiger partial charge in [0.2, 0.25) is 11.5 Å². The lowest BCUT2D eigenvalue weighted by atomic mass is 10.0. The lowest BCUT2D eigenvalue weighted by Crippen LogP contribution is -2.71. The van der Waals surface area contributed by atoms with Crippen LogP contribution in [0.15, 0.2) is 20.8 Å². The number of nitrogens with zero attached hydrogens (tertiary/aromatic N) is 6. The van der Waals surface area contributed by atoms with Gasteiger partial charge in [-0.3, -0.25) is 14.5 Å². The van der Waals surface area contributed by atoms with Crippen LogP contribution >= 0.6 is 46.4 Å². The number of β-lactam (4-membered cyclic amide) rings is 1. The van der Waals surface area contributed by atoms with Gasteiger partial charge in [0.25, 0.3) is 11.8 Å². The molecule has 1 unspecified atom stereocenters. The number of carboxylic acid groups (broad SMARTS) is 2. The summed E-state index contributed by atoms with van der Waals surface area (Å²) < 4.78 is 5.22. The van der Waals surface area contributed by atoms with Gasteiger partial charge in [0, 0.05) is 35.9 Å². The fraction of sp³-hybridized carbons (Fsp3) is 0.478. The average Bonchev–Trinajstić information content (AvgIpc) is 3.68. The number of rotatable bonds is 11. The number of anilines is 1. The quantitative estimate of drug-likeness (QED) is 0.0873. The van der Waals surface area contributed by atoms with Gasteiger partial charge in [0.1, 0.15) is 41.3 Å². The number of thiazole rings is 1. The van der Waals surface area contributed by atoms with Crippen molar-refractivity contribution in [3.8, 4) is 0 Å². The standard InChI is InChI=1S/C23H26N8O7S4/c1-31(5-3-4-6-31)7-11-15(21(36)37)41-23(25-11)40-9-10-8-39-19-13(18(33)30(19)14(10)20(34)35)26-17(32)12(28-38-2)16-27-22(24)42-29-16/h13,19H,3-9H2,1-2H3,(H4-,24,26,27,29,32,34,35,36,37)/p+1/b28-12-/t13-,19?/m1/s1. The van der Waals surface area contributed by atoms with E-state index < -0.39 is 35.2 Å². The summed E-state index contributed by atoms with van der Waals surface area (Å²) in [7, 11) is 3.34. The number of nitrogen functional groups attached to an aromatic ring is 1. The number of amides is 2. The summed E-state index contributed by atoms with van der Waals surface area (Å²) in [4.78, 5) is 64.8. The van der Waals surface area contributed by atoms with Crippen molar-refractivity contribution in [2.45, 2.75) is 35.1 Å². The number of fused-ring (bicyclic) bond motifs is 1. The number of aromatic nitrogens is 3. The number of likely N-dealkylation sites (tertiary alicyclic amines) is 1. The summed E-state index contributed by atoms with van der Waals surface area (Å²) >= 11 is 4.50. The molecule has 5 rings (SSSR count). The molecule has 0 aliphatic carbocycles. The van der Waals surface area contributed by atoms with Crippen molar-refractivity contribution in [1.82, 2.24) is 24.6 Å². The number of carboxylic acids is 2. The minimum Gasteiger partial charge on any atom is -0.477 e. The Bertz CT molecular complexity index is 1500. The highest BCUT2D eigenvalue weighted by molar-refractivity contribution is 8.01. The fourth-order valence-electron chi connectivity index (χ4n) is 5.04. The van der Waals surface area contributed by atoms with E-state index in [9.17, 15) is 29.4 Å². The Kier molecular flexibility index (Phi) is 8.74. The summed E-state index contributed by atoms with van der Waals surface area (Å²) in [5, 5.41) is 25.5. The molecule has 2 saturated heterocycles. The first-order valence-electron chi connectivity index (χ1n) is 12.6. The fourth-order valence-corrected chi connectivity index (χ4v) is 8.97. The van der Waals surface area contributed by atoms with Gasteiger partial charge in [0.05, 0.1) is 20.1 Å². The zero-order chi connectivity index (χ0) is 30.2. The molecule has 5 heterocycles. The van der Waals surface area contributed by atoms with Gasteiger partial charge in [-0.1, -0.05) is 16.9 Å². The van der Waals surface area contributed by atoms with Crippen LogP contribution in [0.5, 0.6) is 0 Å². The molecule has 3 aliphatic heterocycles. The van der Waals surface area contributed by atoms with E-state index in [0.29, 0.717) is 22.2 Å². The SMILES string of the molecule is CO/N=C(\C(=O)N[C@@H]1C(=O)N2C(C(=O)O)=C(CSc3nc(C[N+]4(C)CCCC4)c(C(=O)O)s3)CSC12)c1nsc(N)n1. The van der Waals surface area contributed by atoms with Crippen LogP contribution in [0.3, 0.4) is 0 Å². The number of aliphatic carboxylic acids is 1. The van der Waals surface area contributed by atoms with Gasteiger partial charge in [-0.05, 0) is 5.57 Å². The van der Waals surface area contributed by atoms with E-state index in [2.05, 4.69) is 31.9 Å². The molecule has 0 spiro atoms. The van der Waals surface area contributed by atoms with Gasteiger partial charge < -0.3 is 30.6 Å². The number of nitrogens with one attached hydrogen (secondary N) is 1. The lowest BCUT2D eigenvalue weighted by Gasteiger charge is -2.49. The topological polar surface area (TPSA) is 210 Å². The number of hydrogen-bond donors (Lipinski definition) is 4. The number of aromatic carboxylic acids is 1. The number of carbonyl (C=O) groups is 4. The van der Waals surface area contributed by atoms with Gasteiger partial charge in [-0.15, -0.1) is 23.1 Å². The van der Waals surface area contributed by atoms with E-state index in [0.717, 1.165) is 58.2 Å². The van der Waals surface area contributed by atoms with Crippen molar-refractivity contribution in [2.24, 2.45) is 5.16 Å². The monoisotopic (exact) mass is 655 g/mol. The molecule has 0 bridgehead atoms. The summed E-state index contributed by atoms with van der Waals surface area (Å²) in [6, 6.07) is -1.00. The van der Waals surface area contributed by atoms with Crippen LogP contribution in [0.25, 0.3) is 0 Å². The zero-order valence-corrected chi connectivity index (χ0v) is 25.7. The minimum atomic E-state index is -1.27. The van der Waals surface area contributed by atoms with Crippen LogP contribution in [-0.4, -0.2) is 114 Å². The molecule has 5 N–H and O–H groups in total. The van der Waals surface area contributed by atoms with E-state index in [1.54, 1.807) is 0 Å². The second-order valence-corrected chi connectivity index (χ2v) is 14.1. The van der Waals surface area contributed by atoms with Crippen LogP contribution in [0.4, 0.5) is 5.13 Å². The summed E-state index contributed by atoms with van der Waals surface area (Å²) in [6.07, 6.45) is 2.18. The Labute approximate surface area is 255 Å². The molecule has 2 amide bonds. The van der Waals surface area contributed by atoms with Crippen molar-refractivity contribution < 1.29 is 38.7 Å². The van der Waals surface area contributed by atoms with Crippen LogP contribution in [-0.2, 0) is 25.8 Å². The Morgan fingerprint density at radius 1 is 1.24 bits per heavy atom. The number of quaternary nitrogens is 1. The van der Waals surface area contributed by atoms with Crippen LogP contribution < -0.4 is 11.1 Å². The normalized spacial score (nSPS) is 21.6. The Hall–Kier alpha value is -3.26. The van der Waals surface area contributed by atoms with Crippen LogP contribution in [0.1, 0.15) is 34.0 Å². The highest BCUT2D eigenvalue weighted by Crippen LogP contribution is 2.42. The zero-order valence-electron chi connectivity index (χ0n) is 22.4. The smallest absolute Gasteiger partial charge is 0.352 e. The maximum absolute atomic E-state index is 13.1. The molecule has 224 valence electrons. The Balaban J connectivity index is 1.29. The molecule has 2 atom stereocenters. The highest BCUT2D eigenvalue weighted by atomic mass is 32.2. The average molecular weight is 656 g/mol. The molecule has 2 fully saturated rings. The van der Waals surface area contributed by atoms with Crippen LogP contribution in [0, 0.1) is 0 Å². The number of thioether (sulfide) groups is 2. The van der Waals surface area contributed by atoms with Crippen molar-refractivity contribution in [1.29, 1.82) is 0 Å². The van der Waals surface area contributed by atoms with Crippen molar-refractivity contribution >= 4 is 81.0 Å². The first-order valence-corrected chi connectivity index (χ1v) is 16.2. The van der Waals surface area contributed by atoms with E-state index >= 15 is 0 Å². The molecule has 0 radical (unpaired) electrons. The number of oxime groups is 1. The number of nitrogens with two attached hydrogens (primary N) is 1. The molecule has 42 heavy (non-hydrogen) atoms. The van der Waals surface area contributed by atoms with E-state index in [1.807, 2.05) is 0 Å². The molecular formula is C23H27N8O7S4+.